The SMILES string of the molecule is CC(C)(C)c1noc(CSCC(=O)O)n1. The number of aliphatic carboxylic acids is 1. The maximum Gasteiger partial charge on any atom is 0.313 e. The lowest BCUT2D eigenvalue weighted by Crippen LogP contribution is -2.13. The highest BCUT2D eigenvalue weighted by atomic mass is 32.2. The van der Waals surface area contributed by atoms with Gasteiger partial charge in [0.25, 0.3) is 0 Å². The molecule has 0 spiro atoms. The van der Waals surface area contributed by atoms with Crippen molar-refractivity contribution < 1.29 is 14.4 Å². The van der Waals surface area contributed by atoms with Crippen molar-refractivity contribution in [2.75, 3.05) is 5.75 Å². The third-order valence-corrected chi connectivity index (χ3v) is 2.49. The fourth-order valence-corrected chi connectivity index (χ4v) is 1.41. The second kappa shape index (κ2) is 4.65. The third-order valence-electron chi connectivity index (χ3n) is 1.59. The quantitative estimate of drug-likeness (QED) is 0.848. The summed E-state index contributed by atoms with van der Waals surface area (Å²) in [5.41, 5.74) is -0.140. The first-order valence-electron chi connectivity index (χ1n) is 4.52. The predicted molar refractivity (Wildman–Crippen MR) is 56.8 cm³/mol. The summed E-state index contributed by atoms with van der Waals surface area (Å²) in [4.78, 5) is 14.5. The zero-order valence-corrected chi connectivity index (χ0v) is 9.80. The third kappa shape index (κ3) is 3.91. The van der Waals surface area contributed by atoms with Crippen molar-refractivity contribution in [3.05, 3.63) is 11.7 Å². The number of carboxylic acids is 1. The van der Waals surface area contributed by atoms with Gasteiger partial charge in [0.1, 0.15) is 0 Å². The van der Waals surface area contributed by atoms with Gasteiger partial charge in [-0.3, -0.25) is 4.79 Å². The number of carbonyl (C=O) groups is 1. The van der Waals surface area contributed by atoms with E-state index in [1.54, 1.807) is 0 Å². The standard InChI is InChI=1S/C9H14N2O3S/c1-9(2,3)8-10-6(14-11-8)4-15-5-7(12)13/h4-5H2,1-3H3,(H,12,13). The molecule has 0 saturated heterocycles. The van der Waals surface area contributed by atoms with E-state index in [9.17, 15) is 4.79 Å². The second-order valence-electron chi connectivity index (χ2n) is 4.15. The fourth-order valence-electron chi connectivity index (χ4n) is 0.844. The van der Waals surface area contributed by atoms with Crippen LogP contribution < -0.4 is 0 Å². The molecule has 0 atom stereocenters. The smallest absolute Gasteiger partial charge is 0.313 e. The first-order chi connectivity index (χ1) is 6.89. The van der Waals surface area contributed by atoms with Crippen LogP contribution in [0.1, 0.15) is 32.5 Å². The Morgan fingerprint density at radius 1 is 1.53 bits per heavy atom. The number of hydrogen-bond donors (Lipinski definition) is 1. The summed E-state index contributed by atoms with van der Waals surface area (Å²) >= 11 is 1.24. The molecule has 0 unspecified atom stereocenters. The molecule has 1 aromatic rings. The van der Waals surface area contributed by atoms with E-state index in [0.29, 0.717) is 17.5 Å². The molecular weight excluding hydrogens is 216 g/mol. The maximum absolute atomic E-state index is 10.3. The fraction of sp³-hybridized carbons (Fsp3) is 0.667. The van der Waals surface area contributed by atoms with Crippen LogP contribution in [0.15, 0.2) is 4.52 Å². The zero-order chi connectivity index (χ0) is 11.5. The van der Waals surface area contributed by atoms with Crippen molar-refractivity contribution in [3.8, 4) is 0 Å². The maximum atomic E-state index is 10.3. The first kappa shape index (κ1) is 12.0. The molecule has 0 radical (unpaired) electrons. The van der Waals surface area contributed by atoms with Crippen LogP contribution in [-0.4, -0.2) is 27.0 Å². The van der Waals surface area contributed by atoms with E-state index in [2.05, 4.69) is 10.1 Å². The average molecular weight is 230 g/mol. The first-order valence-corrected chi connectivity index (χ1v) is 5.67. The van der Waals surface area contributed by atoms with Crippen molar-refractivity contribution in [1.29, 1.82) is 0 Å². The Hall–Kier alpha value is -1.04. The molecule has 5 nitrogen and oxygen atoms in total. The number of thioether (sulfide) groups is 1. The Morgan fingerprint density at radius 2 is 2.20 bits per heavy atom. The van der Waals surface area contributed by atoms with Crippen molar-refractivity contribution in [2.45, 2.75) is 31.9 Å². The highest BCUT2D eigenvalue weighted by Gasteiger charge is 2.20. The van der Waals surface area contributed by atoms with E-state index >= 15 is 0 Å². The molecule has 0 aliphatic carbocycles. The zero-order valence-electron chi connectivity index (χ0n) is 8.98. The summed E-state index contributed by atoms with van der Waals surface area (Å²) in [7, 11) is 0. The van der Waals surface area contributed by atoms with Crippen molar-refractivity contribution >= 4 is 17.7 Å². The highest BCUT2D eigenvalue weighted by Crippen LogP contribution is 2.19. The van der Waals surface area contributed by atoms with Crippen molar-refractivity contribution in [2.24, 2.45) is 0 Å². The number of aromatic nitrogens is 2. The molecule has 15 heavy (non-hydrogen) atoms. The van der Waals surface area contributed by atoms with Crippen LogP contribution in [0, 0.1) is 0 Å². The van der Waals surface area contributed by atoms with Crippen molar-refractivity contribution in [1.82, 2.24) is 10.1 Å². The molecule has 0 aromatic carbocycles. The Kier molecular flexibility index (Phi) is 3.73. The topological polar surface area (TPSA) is 76.2 Å². The molecular formula is C9H14N2O3S. The average Bonchev–Trinajstić information content (AvgIpc) is 2.51. The van der Waals surface area contributed by atoms with Crippen LogP contribution in [0.4, 0.5) is 0 Å². The lowest BCUT2D eigenvalue weighted by Gasteiger charge is -2.10. The second-order valence-corrected chi connectivity index (χ2v) is 5.13. The van der Waals surface area contributed by atoms with E-state index in [1.165, 1.54) is 11.8 Å². The predicted octanol–water partition coefficient (Wildman–Crippen LogP) is 1.68. The van der Waals surface area contributed by atoms with Gasteiger partial charge in [-0.25, -0.2) is 0 Å². The lowest BCUT2D eigenvalue weighted by molar-refractivity contribution is -0.133. The van der Waals surface area contributed by atoms with Crippen molar-refractivity contribution in [3.63, 3.8) is 0 Å². The molecule has 1 rings (SSSR count). The summed E-state index contributed by atoms with van der Waals surface area (Å²) in [5.74, 6) is 0.776. The lowest BCUT2D eigenvalue weighted by atomic mass is 9.96. The van der Waals surface area contributed by atoms with Gasteiger partial charge >= 0.3 is 5.97 Å². The molecule has 1 N–H and O–H groups in total. The van der Waals surface area contributed by atoms with Gasteiger partial charge in [0, 0.05) is 5.41 Å². The summed E-state index contributed by atoms with van der Waals surface area (Å²) in [6, 6.07) is 0. The van der Waals surface area contributed by atoms with E-state index in [0.717, 1.165) is 0 Å². The molecule has 0 aliphatic heterocycles. The Morgan fingerprint density at radius 3 is 2.67 bits per heavy atom. The number of carboxylic acid groups (broad SMARTS) is 1. The molecule has 1 heterocycles. The van der Waals surface area contributed by atoms with Gasteiger partial charge in [0.15, 0.2) is 5.82 Å². The van der Waals surface area contributed by atoms with Gasteiger partial charge in [-0.15, -0.1) is 11.8 Å². The minimum atomic E-state index is -0.837. The summed E-state index contributed by atoms with van der Waals surface area (Å²) in [6.07, 6.45) is 0. The summed E-state index contributed by atoms with van der Waals surface area (Å²) < 4.78 is 5.00. The van der Waals surface area contributed by atoms with Crippen LogP contribution in [0.5, 0.6) is 0 Å². The number of hydrogen-bond acceptors (Lipinski definition) is 5. The van der Waals surface area contributed by atoms with E-state index in [1.807, 2.05) is 20.8 Å². The molecule has 0 fully saturated rings. The normalized spacial score (nSPS) is 11.7. The van der Waals surface area contributed by atoms with Crippen LogP contribution in [0.25, 0.3) is 0 Å². The van der Waals surface area contributed by atoms with Gasteiger partial charge in [0.2, 0.25) is 5.89 Å². The number of nitrogens with zero attached hydrogens (tertiary/aromatic N) is 2. The van der Waals surface area contributed by atoms with E-state index < -0.39 is 5.97 Å². The molecule has 6 heteroatoms. The van der Waals surface area contributed by atoms with Gasteiger partial charge in [-0.2, -0.15) is 4.98 Å². The largest absolute Gasteiger partial charge is 0.481 e. The van der Waals surface area contributed by atoms with Gasteiger partial charge < -0.3 is 9.63 Å². The Labute approximate surface area is 92.2 Å². The molecule has 0 aliphatic rings. The van der Waals surface area contributed by atoms with Gasteiger partial charge in [-0.1, -0.05) is 25.9 Å². The van der Waals surface area contributed by atoms with Crippen LogP contribution in [-0.2, 0) is 16.0 Å². The highest BCUT2D eigenvalue weighted by molar-refractivity contribution is 7.99. The van der Waals surface area contributed by atoms with E-state index in [-0.39, 0.29) is 11.2 Å². The van der Waals surface area contributed by atoms with Crippen LogP contribution in [0.3, 0.4) is 0 Å². The van der Waals surface area contributed by atoms with Crippen LogP contribution in [0.2, 0.25) is 0 Å². The summed E-state index contributed by atoms with van der Waals surface area (Å²) in [5, 5.41) is 12.3. The molecule has 84 valence electrons. The van der Waals surface area contributed by atoms with Gasteiger partial charge in [0.05, 0.1) is 11.5 Å². The minimum Gasteiger partial charge on any atom is -0.481 e. The van der Waals surface area contributed by atoms with Crippen LogP contribution >= 0.6 is 11.8 Å². The Balaban J connectivity index is 2.50. The minimum absolute atomic E-state index is 0.0488. The summed E-state index contributed by atoms with van der Waals surface area (Å²) in [6.45, 7) is 5.98. The molecule has 0 saturated carbocycles. The molecule has 0 bridgehead atoms. The van der Waals surface area contributed by atoms with Gasteiger partial charge in [-0.05, 0) is 0 Å². The van der Waals surface area contributed by atoms with E-state index in [4.69, 9.17) is 9.63 Å². The number of rotatable bonds is 4. The molecule has 0 amide bonds. The molecule has 1 aromatic heterocycles. The monoisotopic (exact) mass is 230 g/mol. The Bertz CT molecular complexity index is 343.